The van der Waals surface area contributed by atoms with Gasteiger partial charge in [0.2, 0.25) is 0 Å². The van der Waals surface area contributed by atoms with E-state index in [1.807, 2.05) is 0 Å². The van der Waals surface area contributed by atoms with Crippen LogP contribution in [0, 0.1) is 46.5 Å². The van der Waals surface area contributed by atoms with Gasteiger partial charge in [0.1, 0.15) is 11.1 Å². The molecule has 0 atom stereocenters. The standard InChI is InChI=1S/2C7H2F4O2.Zn/c2*8-2-1-3(9)6(11)4(5(2)10)7(12)13;/h2*1H,(H,12,13);. The minimum absolute atomic E-state index is 0. The number of hydrogen-bond donors (Lipinski definition) is 2. The number of rotatable bonds is 2. The number of carboxylic acid groups (broad SMARTS) is 2. The number of halogens is 8. The fourth-order valence-electron chi connectivity index (χ4n) is 1.52. The molecule has 0 aromatic heterocycles. The predicted molar refractivity (Wildman–Crippen MR) is 66.5 cm³/mol. The molecule has 142 valence electrons. The summed E-state index contributed by atoms with van der Waals surface area (Å²) in [6.45, 7) is 0. The third-order valence-electron chi connectivity index (χ3n) is 2.65. The maximum absolute atomic E-state index is 12.5. The molecule has 0 saturated heterocycles. The number of carbonyl (C=O) groups is 2. The Morgan fingerprint density at radius 1 is 0.556 bits per heavy atom. The predicted octanol–water partition coefficient (Wildman–Crippen LogP) is 3.88. The van der Waals surface area contributed by atoms with Crippen LogP contribution in [-0.4, -0.2) is 22.2 Å². The van der Waals surface area contributed by atoms with E-state index in [2.05, 4.69) is 0 Å². The van der Waals surface area contributed by atoms with Crippen LogP contribution in [0.4, 0.5) is 35.1 Å². The Kier molecular flexibility index (Phi) is 8.51. The van der Waals surface area contributed by atoms with Crippen LogP contribution in [0.25, 0.3) is 0 Å². The average Bonchev–Trinajstić information content (AvgIpc) is 2.51. The number of aromatic carboxylic acids is 2. The molecular weight excluding hydrogens is 450 g/mol. The Labute approximate surface area is 156 Å². The van der Waals surface area contributed by atoms with Crippen LogP contribution < -0.4 is 0 Å². The Morgan fingerprint density at radius 3 is 0.889 bits per heavy atom. The molecule has 2 N–H and O–H groups in total. The molecule has 0 amide bonds. The van der Waals surface area contributed by atoms with Crippen LogP contribution >= 0.6 is 0 Å². The van der Waals surface area contributed by atoms with Crippen molar-refractivity contribution in [2.24, 2.45) is 0 Å². The smallest absolute Gasteiger partial charge is 0.341 e. The van der Waals surface area contributed by atoms with Gasteiger partial charge in [-0.05, 0) is 0 Å². The SMILES string of the molecule is O=C(O)c1c(F)c(F)cc(F)c1F.O=C(O)c1c(F)c(F)cc(F)c1F.[Zn]. The molecule has 0 fully saturated rings. The summed E-state index contributed by atoms with van der Waals surface area (Å²) < 4.78 is 99.5. The zero-order valence-corrected chi connectivity index (χ0v) is 15.6. The number of carboxylic acids is 2. The van der Waals surface area contributed by atoms with Gasteiger partial charge in [-0.15, -0.1) is 0 Å². The van der Waals surface area contributed by atoms with Crippen LogP contribution in [-0.2, 0) is 19.5 Å². The van der Waals surface area contributed by atoms with E-state index in [1.165, 1.54) is 0 Å². The molecule has 0 saturated carbocycles. The third-order valence-corrected chi connectivity index (χ3v) is 2.65. The first-order valence-corrected chi connectivity index (χ1v) is 6.02. The summed E-state index contributed by atoms with van der Waals surface area (Å²) in [5.74, 6) is -18.7. The maximum Gasteiger partial charge on any atom is 0.341 e. The Morgan fingerprint density at radius 2 is 0.741 bits per heavy atom. The molecule has 13 heteroatoms. The summed E-state index contributed by atoms with van der Waals surface area (Å²) in [6, 6.07) is -0.117. The van der Waals surface area contributed by atoms with E-state index in [0.717, 1.165) is 0 Å². The minimum Gasteiger partial charge on any atom is -0.477 e. The van der Waals surface area contributed by atoms with Crippen LogP contribution in [0.1, 0.15) is 20.7 Å². The molecule has 0 unspecified atom stereocenters. The summed E-state index contributed by atoms with van der Waals surface area (Å²) in [6.07, 6.45) is 0. The fraction of sp³-hybridized carbons (Fsp3) is 0. The summed E-state index contributed by atoms with van der Waals surface area (Å²) in [5.41, 5.74) is -3.25. The second-order valence-corrected chi connectivity index (χ2v) is 4.30. The van der Waals surface area contributed by atoms with Gasteiger partial charge < -0.3 is 10.2 Å². The van der Waals surface area contributed by atoms with Gasteiger partial charge in [-0.2, -0.15) is 0 Å². The van der Waals surface area contributed by atoms with Gasteiger partial charge in [0, 0.05) is 31.6 Å². The number of benzene rings is 2. The largest absolute Gasteiger partial charge is 0.477 e. The molecule has 0 aliphatic rings. The van der Waals surface area contributed by atoms with Crippen molar-refractivity contribution in [2.45, 2.75) is 0 Å². The maximum atomic E-state index is 12.5. The minimum atomic E-state index is -2.06. The van der Waals surface area contributed by atoms with E-state index < -0.39 is 69.6 Å². The molecule has 2 rings (SSSR count). The molecule has 0 bridgehead atoms. The monoisotopic (exact) mass is 452 g/mol. The van der Waals surface area contributed by atoms with E-state index in [9.17, 15) is 44.7 Å². The van der Waals surface area contributed by atoms with Crippen molar-refractivity contribution >= 4 is 11.9 Å². The summed E-state index contributed by atoms with van der Waals surface area (Å²) in [4.78, 5) is 20.3. The zero-order valence-electron chi connectivity index (χ0n) is 12.6. The van der Waals surface area contributed by atoms with Gasteiger partial charge in [-0.25, -0.2) is 44.7 Å². The molecule has 27 heavy (non-hydrogen) atoms. The Balaban J connectivity index is 0.000000483. The van der Waals surface area contributed by atoms with E-state index in [4.69, 9.17) is 10.2 Å². The first kappa shape index (κ1) is 24.4. The van der Waals surface area contributed by atoms with Gasteiger partial charge in [0.25, 0.3) is 0 Å². The second kappa shape index (κ2) is 9.40. The summed E-state index contributed by atoms with van der Waals surface area (Å²) >= 11 is 0. The van der Waals surface area contributed by atoms with Crippen LogP contribution in [0.2, 0.25) is 0 Å². The van der Waals surface area contributed by atoms with Crippen molar-refractivity contribution in [3.05, 3.63) is 69.8 Å². The van der Waals surface area contributed by atoms with Gasteiger partial charge in [0.05, 0.1) is 0 Å². The van der Waals surface area contributed by atoms with Crippen molar-refractivity contribution in [3.63, 3.8) is 0 Å². The fourth-order valence-corrected chi connectivity index (χ4v) is 1.52. The van der Waals surface area contributed by atoms with E-state index in [1.54, 1.807) is 0 Å². The van der Waals surface area contributed by atoms with Gasteiger partial charge in [-0.3, -0.25) is 0 Å². The van der Waals surface area contributed by atoms with Crippen molar-refractivity contribution in [3.8, 4) is 0 Å². The summed E-state index contributed by atoms with van der Waals surface area (Å²) in [7, 11) is 0. The molecule has 0 aliphatic heterocycles. The molecule has 2 aromatic rings. The first-order valence-electron chi connectivity index (χ1n) is 6.02. The summed E-state index contributed by atoms with van der Waals surface area (Å²) in [5, 5.41) is 16.4. The van der Waals surface area contributed by atoms with Crippen LogP contribution in [0.3, 0.4) is 0 Å². The third kappa shape index (κ3) is 5.22. The van der Waals surface area contributed by atoms with Crippen molar-refractivity contribution in [2.75, 3.05) is 0 Å². The van der Waals surface area contributed by atoms with Gasteiger partial charge in [0.15, 0.2) is 46.5 Å². The topological polar surface area (TPSA) is 74.6 Å². The molecule has 0 spiro atoms. The van der Waals surface area contributed by atoms with E-state index in [0.29, 0.717) is 0 Å². The molecule has 0 heterocycles. The zero-order chi connectivity index (χ0) is 20.3. The van der Waals surface area contributed by atoms with Crippen molar-refractivity contribution < 1.29 is 74.4 Å². The van der Waals surface area contributed by atoms with Crippen molar-refractivity contribution in [1.82, 2.24) is 0 Å². The van der Waals surface area contributed by atoms with E-state index in [-0.39, 0.29) is 31.6 Å². The molecule has 0 radical (unpaired) electrons. The van der Waals surface area contributed by atoms with Gasteiger partial charge >= 0.3 is 11.9 Å². The Bertz CT molecular complexity index is 778. The first-order chi connectivity index (χ1) is 11.9. The number of hydrogen-bond acceptors (Lipinski definition) is 2. The molecule has 0 aliphatic carbocycles. The van der Waals surface area contributed by atoms with Crippen LogP contribution in [0.5, 0.6) is 0 Å². The van der Waals surface area contributed by atoms with Gasteiger partial charge in [-0.1, -0.05) is 0 Å². The van der Waals surface area contributed by atoms with E-state index >= 15 is 0 Å². The average molecular weight is 454 g/mol. The second-order valence-electron chi connectivity index (χ2n) is 4.30. The quantitative estimate of drug-likeness (QED) is 0.411. The van der Waals surface area contributed by atoms with Crippen molar-refractivity contribution in [1.29, 1.82) is 0 Å². The molecule has 4 nitrogen and oxygen atoms in total. The normalized spacial score (nSPS) is 9.78. The Hall–Kier alpha value is -2.56. The molecular formula is C14H4F8O4Zn. The van der Waals surface area contributed by atoms with Crippen LogP contribution in [0.15, 0.2) is 12.1 Å². The molecule has 2 aromatic carbocycles.